The lowest BCUT2D eigenvalue weighted by Crippen LogP contribution is -2.42. The molecule has 0 radical (unpaired) electrons. The number of sulfone groups is 2. The van der Waals surface area contributed by atoms with E-state index in [0.717, 1.165) is 16.2 Å². The third-order valence-corrected chi connectivity index (χ3v) is 10.4. The number of nitrogens with one attached hydrogen (secondary N) is 1. The average Bonchev–Trinajstić information content (AvgIpc) is 3.16. The highest BCUT2D eigenvalue weighted by molar-refractivity contribution is 7.97. The van der Waals surface area contributed by atoms with Crippen LogP contribution in [-0.4, -0.2) is 39.6 Å². The van der Waals surface area contributed by atoms with Crippen molar-refractivity contribution < 1.29 is 16.8 Å². The molecule has 0 saturated carbocycles. The summed E-state index contributed by atoms with van der Waals surface area (Å²) in [6.07, 6.45) is 0. The van der Waals surface area contributed by atoms with Gasteiger partial charge in [-0.05, 0) is 23.6 Å². The summed E-state index contributed by atoms with van der Waals surface area (Å²) in [7, 11) is -7.12. The van der Waals surface area contributed by atoms with Crippen LogP contribution in [0.3, 0.4) is 0 Å². The minimum absolute atomic E-state index is 0.118. The Kier molecular flexibility index (Phi) is 4.88. The molecular weight excluding hydrogens is 398 g/mol. The lowest BCUT2D eigenvalue weighted by Gasteiger charge is -2.18. The molecule has 1 fully saturated rings. The maximum absolute atomic E-state index is 12.8. The van der Waals surface area contributed by atoms with E-state index < -0.39 is 31.0 Å². The predicted octanol–water partition coefficient (Wildman–Crippen LogP) is 2.19. The van der Waals surface area contributed by atoms with Crippen molar-refractivity contribution in [1.29, 1.82) is 0 Å². The van der Waals surface area contributed by atoms with E-state index in [0.29, 0.717) is 10.9 Å². The molecule has 126 valence electrons. The zero-order valence-corrected chi connectivity index (χ0v) is 15.8. The van der Waals surface area contributed by atoms with Crippen LogP contribution in [0.1, 0.15) is 4.88 Å². The fourth-order valence-corrected chi connectivity index (χ4v) is 9.64. The molecule has 0 unspecified atom stereocenters. The first-order valence-electron chi connectivity index (χ1n) is 6.73. The second kappa shape index (κ2) is 6.45. The molecule has 0 spiro atoms. The average molecular weight is 412 g/mol. The van der Waals surface area contributed by atoms with Crippen LogP contribution in [0.5, 0.6) is 0 Å². The Morgan fingerprint density at radius 1 is 1.26 bits per heavy atom. The maximum atomic E-state index is 12.8. The third kappa shape index (κ3) is 3.80. The highest BCUT2D eigenvalue weighted by Gasteiger charge is 2.46. The van der Waals surface area contributed by atoms with Crippen molar-refractivity contribution in [2.24, 2.45) is 0 Å². The van der Waals surface area contributed by atoms with Crippen LogP contribution in [0.25, 0.3) is 0 Å². The van der Waals surface area contributed by atoms with E-state index in [4.69, 9.17) is 11.6 Å². The first-order valence-corrected chi connectivity index (χ1v) is 12.2. The molecule has 1 aliphatic heterocycles. The molecule has 1 saturated heterocycles. The van der Waals surface area contributed by atoms with Crippen molar-refractivity contribution in [3.05, 3.63) is 38.9 Å². The zero-order chi connectivity index (χ0) is 16.7. The van der Waals surface area contributed by atoms with Crippen LogP contribution in [0, 0.1) is 0 Å². The minimum atomic E-state index is -3.73. The normalized spacial score (nSPS) is 24.0. The van der Waals surface area contributed by atoms with E-state index in [2.05, 4.69) is 5.32 Å². The Labute approximate surface area is 148 Å². The summed E-state index contributed by atoms with van der Waals surface area (Å²) in [4.78, 5) is 1.03. The van der Waals surface area contributed by atoms with Gasteiger partial charge >= 0.3 is 0 Å². The summed E-state index contributed by atoms with van der Waals surface area (Å²) < 4.78 is 49.9. The van der Waals surface area contributed by atoms with E-state index in [9.17, 15) is 16.8 Å². The molecule has 10 heteroatoms. The third-order valence-electron chi connectivity index (χ3n) is 3.65. The van der Waals surface area contributed by atoms with Gasteiger partial charge in [-0.3, -0.25) is 0 Å². The molecule has 2 aromatic heterocycles. The predicted molar refractivity (Wildman–Crippen MR) is 93.9 cm³/mol. The summed E-state index contributed by atoms with van der Waals surface area (Å²) in [5.74, 6) is -0.520. The Hall–Kier alpha value is -0.450. The second-order valence-electron chi connectivity index (χ2n) is 5.29. The van der Waals surface area contributed by atoms with Gasteiger partial charge in [0.25, 0.3) is 0 Å². The van der Waals surface area contributed by atoms with Gasteiger partial charge in [-0.2, -0.15) is 0 Å². The quantitative estimate of drug-likeness (QED) is 0.815. The van der Waals surface area contributed by atoms with Gasteiger partial charge in [-0.25, -0.2) is 16.8 Å². The molecule has 0 bridgehead atoms. The maximum Gasteiger partial charge on any atom is 0.193 e. The van der Waals surface area contributed by atoms with Crippen molar-refractivity contribution in [3.8, 4) is 0 Å². The summed E-state index contributed by atoms with van der Waals surface area (Å²) in [5.41, 5.74) is 0. The molecule has 2 aromatic rings. The molecule has 0 aliphatic carbocycles. The Morgan fingerprint density at radius 3 is 2.65 bits per heavy atom. The van der Waals surface area contributed by atoms with Gasteiger partial charge in [-0.1, -0.05) is 17.7 Å². The Bertz CT molecular complexity index is 886. The number of halogens is 1. The SMILES string of the molecule is O=S1(=O)C[C@H](NCc2cccs2)[C@@H](S(=O)(=O)c2ccc(Cl)s2)C1. The molecule has 3 heterocycles. The molecule has 3 rings (SSSR count). The van der Waals surface area contributed by atoms with E-state index in [1.54, 1.807) is 0 Å². The first kappa shape index (κ1) is 17.4. The molecular formula is C13H14ClNO4S4. The van der Waals surface area contributed by atoms with E-state index in [1.807, 2.05) is 17.5 Å². The van der Waals surface area contributed by atoms with Crippen LogP contribution in [0.4, 0.5) is 0 Å². The molecule has 0 amide bonds. The van der Waals surface area contributed by atoms with Crippen molar-refractivity contribution in [2.75, 3.05) is 11.5 Å². The van der Waals surface area contributed by atoms with Crippen LogP contribution in [-0.2, 0) is 26.2 Å². The molecule has 5 nitrogen and oxygen atoms in total. The summed E-state index contributed by atoms with van der Waals surface area (Å²) in [6, 6.07) is 6.15. The molecule has 0 aromatic carbocycles. The van der Waals surface area contributed by atoms with Crippen molar-refractivity contribution in [1.82, 2.24) is 5.32 Å². The zero-order valence-electron chi connectivity index (χ0n) is 11.8. The fourth-order valence-electron chi connectivity index (χ4n) is 2.56. The number of rotatable bonds is 5. The Balaban J connectivity index is 1.85. The monoisotopic (exact) mass is 411 g/mol. The highest BCUT2D eigenvalue weighted by atomic mass is 35.5. The largest absolute Gasteiger partial charge is 0.307 e. The fraction of sp³-hybridized carbons (Fsp3) is 0.385. The summed E-state index contributed by atoms with van der Waals surface area (Å²) in [5, 5.41) is 4.03. The van der Waals surface area contributed by atoms with Crippen LogP contribution in [0.15, 0.2) is 33.9 Å². The topological polar surface area (TPSA) is 80.3 Å². The highest BCUT2D eigenvalue weighted by Crippen LogP contribution is 2.32. The molecule has 1 N–H and O–H groups in total. The van der Waals surface area contributed by atoms with Crippen molar-refractivity contribution in [3.63, 3.8) is 0 Å². The van der Waals surface area contributed by atoms with Crippen LogP contribution in [0.2, 0.25) is 4.34 Å². The van der Waals surface area contributed by atoms with Crippen LogP contribution < -0.4 is 5.32 Å². The molecule has 1 aliphatic rings. The molecule has 23 heavy (non-hydrogen) atoms. The van der Waals surface area contributed by atoms with Gasteiger partial charge < -0.3 is 5.32 Å². The van der Waals surface area contributed by atoms with E-state index in [1.165, 1.54) is 23.5 Å². The number of hydrogen-bond acceptors (Lipinski definition) is 7. The van der Waals surface area contributed by atoms with Gasteiger partial charge in [0, 0.05) is 17.5 Å². The molecule has 2 atom stereocenters. The van der Waals surface area contributed by atoms with Crippen molar-refractivity contribution >= 4 is 53.9 Å². The van der Waals surface area contributed by atoms with Gasteiger partial charge in [0.05, 0.1) is 21.1 Å². The van der Waals surface area contributed by atoms with Gasteiger partial charge in [0.1, 0.15) is 4.21 Å². The lowest BCUT2D eigenvalue weighted by atomic mass is 10.2. The van der Waals surface area contributed by atoms with Gasteiger partial charge in [0.2, 0.25) is 0 Å². The van der Waals surface area contributed by atoms with E-state index >= 15 is 0 Å². The second-order valence-corrected chi connectivity index (χ2v) is 12.6. The van der Waals surface area contributed by atoms with Crippen LogP contribution >= 0.6 is 34.3 Å². The lowest BCUT2D eigenvalue weighted by molar-refractivity contribution is 0.529. The van der Waals surface area contributed by atoms with Gasteiger partial charge in [-0.15, -0.1) is 22.7 Å². The first-order chi connectivity index (χ1) is 10.8. The Morgan fingerprint density at radius 2 is 2.04 bits per heavy atom. The van der Waals surface area contributed by atoms with Crippen molar-refractivity contribution in [2.45, 2.75) is 22.0 Å². The van der Waals surface area contributed by atoms with E-state index in [-0.39, 0.29) is 15.7 Å². The minimum Gasteiger partial charge on any atom is -0.307 e. The number of thiophene rings is 2. The number of hydrogen-bond donors (Lipinski definition) is 1. The standard InChI is InChI=1S/C13H14ClNO4S4/c14-12-3-4-13(21-12)23(18,19)11-8-22(16,17)7-10(11)15-6-9-2-1-5-20-9/h1-5,10-11,15H,6-8H2/t10-,11-/m0/s1. The summed E-state index contributed by atoms with van der Waals surface area (Å²) in [6.45, 7) is 0.453. The van der Waals surface area contributed by atoms with Gasteiger partial charge in [0.15, 0.2) is 19.7 Å². The smallest absolute Gasteiger partial charge is 0.193 e. The summed E-state index contributed by atoms with van der Waals surface area (Å²) >= 11 is 8.31.